The van der Waals surface area contributed by atoms with E-state index in [2.05, 4.69) is 4.72 Å². The van der Waals surface area contributed by atoms with Crippen LogP contribution in [0, 0.1) is 0 Å². The van der Waals surface area contributed by atoms with Crippen LogP contribution >= 0.6 is 0 Å². The summed E-state index contributed by atoms with van der Waals surface area (Å²) >= 11 is 0. The lowest BCUT2D eigenvalue weighted by Crippen LogP contribution is -2.40. The Morgan fingerprint density at radius 2 is 2.13 bits per heavy atom. The summed E-state index contributed by atoms with van der Waals surface area (Å²) < 4.78 is 36.8. The number of benzene rings is 1. The maximum Gasteiger partial charge on any atom is 0.262 e. The van der Waals surface area contributed by atoms with Crippen LogP contribution in [0.3, 0.4) is 0 Å². The molecule has 1 heterocycles. The molecular formula is C16H23NO5S. The van der Waals surface area contributed by atoms with Crippen LogP contribution in [0.5, 0.6) is 0 Å². The molecule has 6 nitrogen and oxygen atoms in total. The third-order valence-corrected chi connectivity index (χ3v) is 4.94. The van der Waals surface area contributed by atoms with E-state index in [-0.39, 0.29) is 11.9 Å². The zero-order valence-corrected chi connectivity index (χ0v) is 14.1. The van der Waals surface area contributed by atoms with E-state index in [1.807, 2.05) is 30.3 Å². The van der Waals surface area contributed by atoms with Crippen molar-refractivity contribution in [1.82, 2.24) is 4.72 Å². The fraction of sp³-hybridized carbons (Fsp3) is 0.562. The minimum atomic E-state index is -3.67. The van der Waals surface area contributed by atoms with Crippen LogP contribution in [0.15, 0.2) is 30.3 Å². The summed E-state index contributed by atoms with van der Waals surface area (Å²) in [6.45, 7) is 2.55. The number of carbonyl (C=O) groups excluding carboxylic acids is 1. The third kappa shape index (κ3) is 6.29. The van der Waals surface area contributed by atoms with Crippen molar-refractivity contribution in [1.29, 1.82) is 0 Å². The molecule has 23 heavy (non-hydrogen) atoms. The highest BCUT2D eigenvalue weighted by atomic mass is 32.2. The van der Waals surface area contributed by atoms with Gasteiger partial charge < -0.3 is 9.47 Å². The fourth-order valence-corrected chi connectivity index (χ4v) is 3.37. The molecule has 128 valence electrons. The van der Waals surface area contributed by atoms with Gasteiger partial charge in [0, 0.05) is 6.61 Å². The number of hydrogen-bond acceptors (Lipinski definition) is 5. The second kappa shape index (κ2) is 8.42. The Bertz CT molecular complexity index is 596. The lowest BCUT2D eigenvalue weighted by atomic mass is 10.2. The molecular weight excluding hydrogens is 318 g/mol. The van der Waals surface area contributed by atoms with Gasteiger partial charge in [-0.1, -0.05) is 30.3 Å². The summed E-state index contributed by atoms with van der Waals surface area (Å²) in [5, 5.41) is 0. The van der Waals surface area contributed by atoms with Gasteiger partial charge in [0.2, 0.25) is 10.0 Å². The minimum Gasteiger partial charge on any atom is -0.376 e. The molecule has 1 saturated heterocycles. The second-order valence-electron chi connectivity index (χ2n) is 5.63. The Labute approximate surface area is 137 Å². The first-order chi connectivity index (χ1) is 11.0. The number of sulfonamides is 1. The van der Waals surface area contributed by atoms with Crippen molar-refractivity contribution in [3.05, 3.63) is 35.9 Å². The molecule has 1 N–H and O–H groups in total. The van der Waals surface area contributed by atoms with Gasteiger partial charge >= 0.3 is 0 Å². The van der Waals surface area contributed by atoms with Crippen molar-refractivity contribution in [3.63, 3.8) is 0 Å². The van der Waals surface area contributed by atoms with E-state index >= 15 is 0 Å². The number of rotatable bonds is 8. The first-order valence-electron chi connectivity index (χ1n) is 7.78. The molecule has 0 bridgehead atoms. The van der Waals surface area contributed by atoms with Crippen LogP contribution in [0.2, 0.25) is 0 Å². The predicted octanol–water partition coefficient (Wildman–Crippen LogP) is 1.26. The van der Waals surface area contributed by atoms with Crippen LogP contribution in [-0.2, 0) is 30.7 Å². The molecule has 1 aromatic rings. The van der Waals surface area contributed by atoms with Crippen molar-refractivity contribution in [3.8, 4) is 0 Å². The van der Waals surface area contributed by atoms with Gasteiger partial charge in [0.05, 0.1) is 18.5 Å². The van der Waals surface area contributed by atoms with Crippen LogP contribution in [-0.4, -0.2) is 45.5 Å². The first-order valence-corrected chi connectivity index (χ1v) is 9.43. The molecule has 1 aromatic carbocycles. The van der Waals surface area contributed by atoms with E-state index in [1.54, 1.807) is 0 Å². The molecule has 0 saturated carbocycles. The van der Waals surface area contributed by atoms with Gasteiger partial charge in [0.25, 0.3) is 5.91 Å². The molecule has 2 rings (SSSR count). The van der Waals surface area contributed by atoms with Crippen molar-refractivity contribution in [2.75, 3.05) is 19.0 Å². The van der Waals surface area contributed by atoms with Crippen LogP contribution in [0.1, 0.15) is 25.3 Å². The molecule has 0 spiro atoms. The molecule has 1 aliphatic heterocycles. The second-order valence-corrected chi connectivity index (χ2v) is 7.47. The molecule has 0 aliphatic carbocycles. The molecule has 1 aliphatic rings. The first kappa shape index (κ1) is 17.9. The number of ether oxygens (including phenoxy) is 2. The highest BCUT2D eigenvalue weighted by molar-refractivity contribution is 7.90. The van der Waals surface area contributed by atoms with E-state index in [4.69, 9.17) is 9.47 Å². The summed E-state index contributed by atoms with van der Waals surface area (Å²) in [6, 6.07) is 9.27. The lowest BCUT2D eigenvalue weighted by molar-refractivity contribution is -0.131. The SMILES string of the molecule is CC(OCC1CCCO1)C(=O)NS(=O)(=O)CCc1ccccc1. The Kier molecular flexibility index (Phi) is 6.56. The maximum absolute atomic E-state index is 12.0. The molecule has 1 amide bonds. The zero-order chi connectivity index (χ0) is 16.7. The van der Waals surface area contributed by atoms with Gasteiger partial charge in [-0.2, -0.15) is 0 Å². The number of nitrogens with one attached hydrogen (secondary N) is 1. The minimum absolute atomic E-state index is 0.0000576. The van der Waals surface area contributed by atoms with Gasteiger partial charge in [-0.25, -0.2) is 8.42 Å². The van der Waals surface area contributed by atoms with Crippen molar-refractivity contribution in [2.45, 2.75) is 38.4 Å². The van der Waals surface area contributed by atoms with E-state index in [0.29, 0.717) is 19.6 Å². The zero-order valence-electron chi connectivity index (χ0n) is 13.2. The van der Waals surface area contributed by atoms with E-state index in [9.17, 15) is 13.2 Å². The van der Waals surface area contributed by atoms with Gasteiger partial charge in [-0.05, 0) is 31.7 Å². The average molecular weight is 341 g/mol. The average Bonchev–Trinajstić information content (AvgIpc) is 3.05. The van der Waals surface area contributed by atoms with Crippen molar-refractivity contribution >= 4 is 15.9 Å². The summed E-state index contributed by atoms with van der Waals surface area (Å²) in [5.74, 6) is -0.780. The summed E-state index contributed by atoms with van der Waals surface area (Å²) in [4.78, 5) is 11.9. The van der Waals surface area contributed by atoms with Gasteiger partial charge in [-0.3, -0.25) is 9.52 Å². The normalized spacial score (nSPS) is 19.4. The van der Waals surface area contributed by atoms with Crippen LogP contribution in [0.25, 0.3) is 0 Å². The monoisotopic (exact) mass is 341 g/mol. The van der Waals surface area contributed by atoms with E-state index in [0.717, 1.165) is 18.4 Å². The molecule has 1 fully saturated rings. The predicted molar refractivity (Wildman–Crippen MR) is 86.5 cm³/mol. The smallest absolute Gasteiger partial charge is 0.262 e. The number of amides is 1. The molecule has 0 radical (unpaired) electrons. The van der Waals surface area contributed by atoms with Crippen molar-refractivity contribution in [2.24, 2.45) is 0 Å². The highest BCUT2D eigenvalue weighted by Gasteiger charge is 2.23. The topological polar surface area (TPSA) is 81.7 Å². The number of carbonyl (C=O) groups is 1. The lowest BCUT2D eigenvalue weighted by Gasteiger charge is -2.16. The Hall–Kier alpha value is -1.44. The van der Waals surface area contributed by atoms with Gasteiger partial charge in [-0.15, -0.1) is 0 Å². The highest BCUT2D eigenvalue weighted by Crippen LogP contribution is 2.12. The molecule has 2 atom stereocenters. The maximum atomic E-state index is 12.0. The van der Waals surface area contributed by atoms with Crippen LogP contribution < -0.4 is 4.72 Å². The quantitative estimate of drug-likeness (QED) is 0.770. The summed E-state index contributed by atoms with van der Waals surface area (Å²) in [7, 11) is -3.67. The summed E-state index contributed by atoms with van der Waals surface area (Å²) in [5.41, 5.74) is 0.910. The molecule has 2 unspecified atom stereocenters. The Balaban J connectivity index is 1.75. The number of hydrogen-bond donors (Lipinski definition) is 1. The standard InChI is InChI=1S/C16H23NO5S/c1-13(22-12-15-8-5-10-21-15)16(18)17-23(19,20)11-9-14-6-3-2-4-7-14/h2-4,6-7,13,15H,5,8-12H2,1H3,(H,17,18). The Morgan fingerprint density at radius 3 is 2.78 bits per heavy atom. The van der Waals surface area contributed by atoms with Crippen LogP contribution in [0.4, 0.5) is 0 Å². The number of aryl methyl sites for hydroxylation is 1. The van der Waals surface area contributed by atoms with Gasteiger partial charge in [0.1, 0.15) is 6.10 Å². The van der Waals surface area contributed by atoms with Gasteiger partial charge in [0.15, 0.2) is 0 Å². The molecule has 7 heteroatoms. The van der Waals surface area contributed by atoms with E-state index in [1.165, 1.54) is 6.92 Å². The largest absolute Gasteiger partial charge is 0.376 e. The summed E-state index contributed by atoms with van der Waals surface area (Å²) in [6.07, 6.45) is 1.42. The third-order valence-electron chi connectivity index (χ3n) is 3.68. The fourth-order valence-electron chi connectivity index (χ4n) is 2.29. The molecule has 0 aromatic heterocycles. The van der Waals surface area contributed by atoms with E-state index < -0.39 is 22.0 Å². The Morgan fingerprint density at radius 1 is 1.39 bits per heavy atom. The van der Waals surface area contributed by atoms with Crippen molar-refractivity contribution < 1.29 is 22.7 Å².